The Morgan fingerprint density at radius 2 is 1.66 bits per heavy atom. The molecule has 3 fully saturated rings. The third-order valence-corrected chi connectivity index (χ3v) is 12.6. The topological polar surface area (TPSA) is 189 Å². The van der Waals surface area contributed by atoms with E-state index in [2.05, 4.69) is 6.58 Å². The number of cyclic esters (lactones) is 1. The van der Waals surface area contributed by atoms with Gasteiger partial charge in [0.25, 0.3) is 11.7 Å². The number of esters is 1. The van der Waals surface area contributed by atoms with Crippen molar-refractivity contribution in [2.75, 3.05) is 20.8 Å². The summed E-state index contributed by atoms with van der Waals surface area (Å²) in [6.45, 7) is 12.9. The Labute approximate surface area is 332 Å². The number of carbonyl (C=O) groups excluding carboxylic acids is 4. The van der Waals surface area contributed by atoms with Gasteiger partial charge in [-0.2, -0.15) is 0 Å². The Morgan fingerprint density at radius 3 is 2.32 bits per heavy atom. The third-order valence-electron chi connectivity index (χ3n) is 12.6. The van der Waals surface area contributed by atoms with Gasteiger partial charge in [0.1, 0.15) is 24.0 Å². The first-order valence-electron chi connectivity index (χ1n) is 20.5. The first-order valence-corrected chi connectivity index (χ1v) is 20.5. The van der Waals surface area contributed by atoms with E-state index in [4.69, 9.17) is 18.9 Å². The molecular weight excluding hydrogens is 722 g/mol. The first kappa shape index (κ1) is 45.9. The second-order valence-electron chi connectivity index (χ2n) is 17.1. The van der Waals surface area contributed by atoms with Crippen LogP contribution in [0.15, 0.2) is 36.0 Å². The number of fused-ring (bicyclic) bond motifs is 3. The molecule has 0 aromatic rings. The summed E-state index contributed by atoms with van der Waals surface area (Å²) >= 11 is 0. The van der Waals surface area contributed by atoms with Gasteiger partial charge in [-0.15, -0.1) is 6.58 Å². The van der Waals surface area contributed by atoms with Crippen LogP contribution in [-0.2, 0) is 38.1 Å². The van der Waals surface area contributed by atoms with E-state index < -0.39 is 83.9 Å². The number of aliphatic hydroxyl groups excluding tert-OH is 3. The van der Waals surface area contributed by atoms with Gasteiger partial charge in [-0.3, -0.25) is 14.4 Å². The summed E-state index contributed by atoms with van der Waals surface area (Å²) < 4.78 is 23.3. The zero-order valence-electron chi connectivity index (χ0n) is 34.4. The molecule has 14 atom stereocenters. The van der Waals surface area contributed by atoms with E-state index in [9.17, 15) is 39.6 Å². The van der Waals surface area contributed by atoms with Crippen molar-refractivity contribution in [3.8, 4) is 0 Å². The van der Waals surface area contributed by atoms with E-state index in [1.807, 2.05) is 26.0 Å². The lowest BCUT2D eigenvalue weighted by atomic mass is 9.81. The van der Waals surface area contributed by atoms with Gasteiger partial charge in [-0.1, -0.05) is 44.6 Å². The number of piperidine rings is 1. The maximum absolute atomic E-state index is 14.2. The van der Waals surface area contributed by atoms with E-state index in [-0.39, 0.29) is 49.5 Å². The summed E-state index contributed by atoms with van der Waals surface area (Å²) in [5, 5.41) is 45.1. The molecule has 3 aliphatic heterocycles. The van der Waals surface area contributed by atoms with Crippen molar-refractivity contribution in [3.05, 3.63) is 36.0 Å². The lowest BCUT2D eigenvalue weighted by Crippen LogP contribution is -2.57. The molecule has 1 amide bonds. The molecule has 4 rings (SSSR count). The third kappa shape index (κ3) is 10.8. The lowest BCUT2D eigenvalue weighted by molar-refractivity contribution is -0.225. The molecule has 0 spiro atoms. The minimum Gasteiger partial charge on any atom is -0.456 e. The number of methoxy groups -OCH3 is 2. The highest BCUT2D eigenvalue weighted by Crippen LogP contribution is 2.39. The van der Waals surface area contributed by atoms with E-state index in [1.54, 1.807) is 34.0 Å². The SMILES string of the molecule is C=CC[C@@H]1C=C(C)C[C@H](C)CC(OC)[C@@H](O)[C@@H]2C[C@@H](C)[C@@](O)(O2)C(=O)C(=O)N2CCCC[C@H]2C(=O)OC(C(C)=C[C@@H]2CCC(O)C(OC)C2)[C@H](C)[C@@H](O)CC1=O. The van der Waals surface area contributed by atoms with E-state index in [1.165, 1.54) is 7.11 Å². The van der Waals surface area contributed by atoms with Crippen molar-refractivity contribution in [3.63, 3.8) is 0 Å². The monoisotopic (exact) mass is 789 g/mol. The van der Waals surface area contributed by atoms with Crippen LogP contribution in [0.3, 0.4) is 0 Å². The highest BCUT2D eigenvalue weighted by Gasteiger charge is 2.57. The number of amides is 1. The van der Waals surface area contributed by atoms with Gasteiger partial charge in [0.05, 0.1) is 30.5 Å². The summed E-state index contributed by atoms with van der Waals surface area (Å²) in [4.78, 5) is 57.1. The number of carbonyl (C=O) groups is 4. The van der Waals surface area contributed by atoms with Crippen LogP contribution in [0.1, 0.15) is 105 Å². The van der Waals surface area contributed by atoms with Crippen LogP contribution >= 0.6 is 0 Å². The number of nitrogens with zero attached hydrogens (tertiary/aromatic N) is 1. The Hall–Kier alpha value is -2.78. The summed E-state index contributed by atoms with van der Waals surface area (Å²) in [6.07, 6.45) is 3.66. The molecule has 56 heavy (non-hydrogen) atoms. The largest absolute Gasteiger partial charge is 0.456 e. The van der Waals surface area contributed by atoms with Gasteiger partial charge in [0.2, 0.25) is 5.79 Å². The second kappa shape index (κ2) is 20.3. The number of ether oxygens (including phenoxy) is 4. The van der Waals surface area contributed by atoms with Crippen LogP contribution in [0.25, 0.3) is 0 Å². The van der Waals surface area contributed by atoms with Crippen molar-refractivity contribution >= 4 is 23.4 Å². The van der Waals surface area contributed by atoms with Crippen LogP contribution < -0.4 is 0 Å². The van der Waals surface area contributed by atoms with Crippen molar-refractivity contribution < 1.29 is 58.6 Å². The summed E-state index contributed by atoms with van der Waals surface area (Å²) in [5.41, 5.74) is 1.58. The highest BCUT2D eigenvalue weighted by atomic mass is 16.7. The quantitative estimate of drug-likeness (QED) is 0.172. The molecule has 3 heterocycles. The zero-order chi connectivity index (χ0) is 41.5. The van der Waals surface area contributed by atoms with E-state index in [0.717, 1.165) is 10.5 Å². The molecule has 4 aliphatic rings. The molecule has 1 aliphatic carbocycles. The molecule has 2 saturated heterocycles. The summed E-state index contributed by atoms with van der Waals surface area (Å²) in [6, 6.07) is -1.16. The van der Waals surface area contributed by atoms with Crippen molar-refractivity contribution in [1.29, 1.82) is 0 Å². The van der Waals surface area contributed by atoms with Gasteiger partial charge in [-0.25, -0.2) is 4.79 Å². The van der Waals surface area contributed by atoms with Crippen LogP contribution in [0.5, 0.6) is 0 Å². The molecule has 4 unspecified atom stereocenters. The van der Waals surface area contributed by atoms with Gasteiger partial charge in [-0.05, 0) is 95.5 Å². The van der Waals surface area contributed by atoms with Crippen molar-refractivity contribution in [2.24, 2.45) is 29.6 Å². The van der Waals surface area contributed by atoms with Gasteiger partial charge >= 0.3 is 5.97 Å². The van der Waals surface area contributed by atoms with Crippen LogP contribution in [0.4, 0.5) is 0 Å². The molecular formula is C43H67NO12. The van der Waals surface area contributed by atoms with Crippen LogP contribution in [-0.4, -0.2) is 124 Å². The number of ketones is 2. The Morgan fingerprint density at radius 1 is 0.964 bits per heavy atom. The molecule has 0 aromatic carbocycles. The fourth-order valence-corrected chi connectivity index (χ4v) is 9.20. The minimum atomic E-state index is -2.53. The van der Waals surface area contributed by atoms with Crippen molar-refractivity contribution in [2.45, 2.75) is 160 Å². The molecule has 13 heteroatoms. The number of aliphatic hydroxyl groups is 4. The Balaban J connectivity index is 1.74. The van der Waals surface area contributed by atoms with E-state index in [0.29, 0.717) is 56.9 Å². The molecule has 0 radical (unpaired) electrons. The number of rotatable bonds is 6. The number of allylic oxidation sites excluding steroid dienone is 4. The average Bonchev–Trinajstić information content (AvgIpc) is 3.48. The van der Waals surface area contributed by atoms with Crippen LogP contribution in [0, 0.1) is 29.6 Å². The second-order valence-corrected chi connectivity index (χ2v) is 17.1. The molecule has 13 nitrogen and oxygen atoms in total. The number of hydrogen-bond acceptors (Lipinski definition) is 12. The standard InChI is InChI=1S/C43H67NO12/c1-9-12-30-18-24(2)17-25(3)19-36(54-8)38(48)37-21-27(5)43(52,56-37)40(49)41(50)44-16-11-10-13-31(44)42(51)55-39(28(6)33(46)23-34(30)47)26(4)20-29-14-15-32(45)35(22-29)53-7/h9,18,20,25,27-33,35-39,45-46,48,52H,1,10-17,19,21-23H2,2-8H3/t25-,27+,28+,29-,30+,31-,32?,33-,35?,36?,37-,38+,39?,43+/m0/s1. The molecule has 1 saturated carbocycles. The predicted molar refractivity (Wildman–Crippen MR) is 208 cm³/mol. The maximum Gasteiger partial charge on any atom is 0.329 e. The normalized spacial score (nSPS) is 40.6. The molecule has 0 aromatic heterocycles. The average molecular weight is 790 g/mol. The summed E-state index contributed by atoms with van der Waals surface area (Å²) in [5.74, 6) is -7.99. The fraction of sp³-hybridized carbons (Fsp3) is 0.767. The Kier molecular flexibility index (Phi) is 16.6. The highest BCUT2D eigenvalue weighted by molar-refractivity contribution is 6.39. The van der Waals surface area contributed by atoms with Gasteiger partial charge in [0, 0.05) is 44.9 Å². The maximum atomic E-state index is 14.2. The Bertz CT molecular complexity index is 1460. The molecule has 2 bridgehead atoms. The van der Waals surface area contributed by atoms with E-state index >= 15 is 0 Å². The zero-order valence-corrected chi connectivity index (χ0v) is 34.4. The van der Waals surface area contributed by atoms with Crippen molar-refractivity contribution in [1.82, 2.24) is 4.90 Å². The van der Waals surface area contributed by atoms with Gasteiger partial charge in [0.15, 0.2) is 0 Å². The fourth-order valence-electron chi connectivity index (χ4n) is 9.20. The minimum absolute atomic E-state index is 0.0115. The predicted octanol–water partition coefficient (Wildman–Crippen LogP) is 3.98. The smallest absolute Gasteiger partial charge is 0.329 e. The lowest BCUT2D eigenvalue weighted by Gasteiger charge is -2.38. The molecule has 4 N–H and O–H groups in total. The first-order chi connectivity index (χ1) is 26.4. The number of Topliss-reactive ketones (excluding diaryl/α,β-unsaturated/α-hetero) is 2. The van der Waals surface area contributed by atoms with Crippen LogP contribution in [0.2, 0.25) is 0 Å². The molecule has 316 valence electrons. The number of hydrogen-bond donors (Lipinski definition) is 4. The summed E-state index contributed by atoms with van der Waals surface area (Å²) in [7, 11) is 3.02. The van der Waals surface area contributed by atoms with Gasteiger partial charge < -0.3 is 44.3 Å².